The molecule has 1 saturated heterocycles. The summed E-state index contributed by atoms with van der Waals surface area (Å²) < 4.78 is 23.8. The van der Waals surface area contributed by atoms with E-state index in [1.807, 2.05) is 30.3 Å². The maximum atomic E-state index is 13.4. The first-order chi connectivity index (χ1) is 7.36. The molecule has 0 aliphatic carbocycles. The van der Waals surface area contributed by atoms with Crippen LogP contribution in [0.3, 0.4) is 0 Å². The van der Waals surface area contributed by atoms with Crippen molar-refractivity contribution in [3.8, 4) is 0 Å². The van der Waals surface area contributed by atoms with Crippen molar-refractivity contribution >= 4 is 0 Å². The molecule has 0 spiro atoms. The van der Waals surface area contributed by atoms with Crippen LogP contribution >= 0.6 is 0 Å². The Hall–Kier alpha value is -0.930. The SMILES string of the molecule is FC(OCc1ccccc1)C1CCCO1. The monoisotopic (exact) mass is 210 g/mol. The van der Waals surface area contributed by atoms with E-state index in [2.05, 4.69) is 0 Å². The van der Waals surface area contributed by atoms with Crippen LogP contribution in [0, 0.1) is 0 Å². The molecule has 2 rings (SSSR count). The van der Waals surface area contributed by atoms with Gasteiger partial charge in [0.25, 0.3) is 0 Å². The summed E-state index contributed by atoms with van der Waals surface area (Å²) in [6.07, 6.45) is 0.0249. The summed E-state index contributed by atoms with van der Waals surface area (Å²) in [5, 5.41) is 0. The minimum atomic E-state index is -1.30. The molecule has 2 unspecified atom stereocenters. The van der Waals surface area contributed by atoms with Crippen LogP contribution in [0.15, 0.2) is 30.3 Å². The van der Waals surface area contributed by atoms with Gasteiger partial charge in [0.05, 0.1) is 6.61 Å². The van der Waals surface area contributed by atoms with Gasteiger partial charge in [-0.3, -0.25) is 0 Å². The molecule has 2 atom stereocenters. The van der Waals surface area contributed by atoms with Gasteiger partial charge in [-0.2, -0.15) is 0 Å². The summed E-state index contributed by atoms with van der Waals surface area (Å²) in [6.45, 7) is 0.960. The number of rotatable bonds is 4. The van der Waals surface area contributed by atoms with Gasteiger partial charge in [-0.05, 0) is 18.4 Å². The molecule has 0 aromatic heterocycles. The van der Waals surface area contributed by atoms with Gasteiger partial charge in [0, 0.05) is 6.61 Å². The normalized spacial score (nSPS) is 22.9. The van der Waals surface area contributed by atoms with Crippen LogP contribution in [0.1, 0.15) is 18.4 Å². The van der Waals surface area contributed by atoms with E-state index in [1.54, 1.807) is 0 Å². The smallest absolute Gasteiger partial charge is 0.225 e. The van der Waals surface area contributed by atoms with Crippen molar-refractivity contribution in [2.45, 2.75) is 31.9 Å². The summed E-state index contributed by atoms with van der Waals surface area (Å²) in [7, 11) is 0. The van der Waals surface area contributed by atoms with Crippen molar-refractivity contribution in [1.29, 1.82) is 0 Å². The van der Waals surface area contributed by atoms with Gasteiger partial charge in [0.15, 0.2) is 0 Å². The van der Waals surface area contributed by atoms with E-state index in [0.29, 0.717) is 13.2 Å². The fourth-order valence-corrected chi connectivity index (χ4v) is 1.67. The second kappa shape index (κ2) is 5.24. The molecule has 1 aliphatic heterocycles. The van der Waals surface area contributed by atoms with Crippen molar-refractivity contribution < 1.29 is 13.9 Å². The van der Waals surface area contributed by atoms with Crippen molar-refractivity contribution in [2.24, 2.45) is 0 Å². The molecule has 0 bridgehead atoms. The van der Waals surface area contributed by atoms with E-state index in [9.17, 15) is 4.39 Å². The highest BCUT2D eigenvalue weighted by Gasteiger charge is 2.26. The van der Waals surface area contributed by atoms with E-state index in [1.165, 1.54) is 0 Å². The molecular weight excluding hydrogens is 195 g/mol. The number of hydrogen-bond donors (Lipinski definition) is 0. The number of hydrogen-bond acceptors (Lipinski definition) is 2. The second-order valence-corrected chi connectivity index (χ2v) is 3.70. The van der Waals surface area contributed by atoms with Crippen LogP contribution in [0.5, 0.6) is 0 Å². The fourth-order valence-electron chi connectivity index (χ4n) is 1.67. The average molecular weight is 210 g/mol. The van der Waals surface area contributed by atoms with Crippen LogP contribution in [-0.4, -0.2) is 19.1 Å². The largest absolute Gasteiger partial charge is 0.373 e. The second-order valence-electron chi connectivity index (χ2n) is 3.70. The summed E-state index contributed by atoms with van der Waals surface area (Å²) in [4.78, 5) is 0. The zero-order valence-electron chi connectivity index (χ0n) is 8.56. The van der Waals surface area contributed by atoms with Crippen LogP contribution < -0.4 is 0 Å². The number of halogens is 1. The van der Waals surface area contributed by atoms with Gasteiger partial charge in [0.1, 0.15) is 6.10 Å². The van der Waals surface area contributed by atoms with E-state index >= 15 is 0 Å². The van der Waals surface area contributed by atoms with Gasteiger partial charge in [-0.15, -0.1) is 0 Å². The predicted octanol–water partition coefficient (Wildman–Crippen LogP) is 2.68. The molecule has 15 heavy (non-hydrogen) atoms. The minimum Gasteiger partial charge on any atom is -0.373 e. The van der Waals surface area contributed by atoms with Crippen molar-refractivity contribution in [1.82, 2.24) is 0 Å². The molecule has 0 saturated carbocycles. The van der Waals surface area contributed by atoms with Crippen molar-refractivity contribution in [3.63, 3.8) is 0 Å². The first-order valence-electron chi connectivity index (χ1n) is 5.27. The Balaban J connectivity index is 1.77. The summed E-state index contributed by atoms with van der Waals surface area (Å²) in [5.74, 6) is 0. The van der Waals surface area contributed by atoms with Crippen molar-refractivity contribution in [2.75, 3.05) is 6.61 Å². The molecule has 1 heterocycles. The fraction of sp³-hybridized carbons (Fsp3) is 0.500. The van der Waals surface area contributed by atoms with E-state index in [0.717, 1.165) is 18.4 Å². The van der Waals surface area contributed by atoms with Crippen LogP contribution in [0.2, 0.25) is 0 Å². The Kier molecular flexibility index (Phi) is 3.69. The third-order valence-electron chi connectivity index (χ3n) is 2.51. The topological polar surface area (TPSA) is 18.5 Å². The molecule has 1 aromatic rings. The zero-order chi connectivity index (χ0) is 10.5. The third kappa shape index (κ3) is 3.01. The maximum Gasteiger partial charge on any atom is 0.225 e. The predicted molar refractivity (Wildman–Crippen MR) is 55.1 cm³/mol. The summed E-state index contributed by atoms with van der Waals surface area (Å²) in [5.41, 5.74) is 0.984. The van der Waals surface area contributed by atoms with Crippen molar-refractivity contribution in [3.05, 3.63) is 35.9 Å². The van der Waals surface area contributed by atoms with E-state index in [4.69, 9.17) is 9.47 Å². The average Bonchev–Trinajstić information content (AvgIpc) is 2.81. The Bertz CT molecular complexity index is 283. The molecular formula is C12H15FO2. The molecule has 0 radical (unpaired) electrons. The maximum absolute atomic E-state index is 13.4. The Morgan fingerprint density at radius 3 is 2.87 bits per heavy atom. The molecule has 82 valence electrons. The number of alkyl halides is 1. The molecule has 1 aliphatic rings. The Labute approximate surface area is 89.0 Å². The molecule has 1 aromatic carbocycles. The zero-order valence-corrected chi connectivity index (χ0v) is 8.56. The molecule has 0 N–H and O–H groups in total. The summed E-state index contributed by atoms with van der Waals surface area (Å²) >= 11 is 0. The Morgan fingerprint density at radius 2 is 2.20 bits per heavy atom. The van der Waals surface area contributed by atoms with Gasteiger partial charge in [-0.25, -0.2) is 4.39 Å². The third-order valence-corrected chi connectivity index (χ3v) is 2.51. The lowest BCUT2D eigenvalue weighted by Gasteiger charge is -2.15. The van der Waals surface area contributed by atoms with E-state index in [-0.39, 0.29) is 6.10 Å². The van der Waals surface area contributed by atoms with E-state index < -0.39 is 6.36 Å². The van der Waals surface area contributed by atoms with Gasteiger partial charge in [-0.1, -0.05) is 30.3 Å². The number of ether oxygens (including phenoxy) is 2. The molecule has 2 nitrogen and oxygen atoms in total. The van der Waals surface area contributed by atoms with Gasteiger partial charge < -0.3 is 9.47 Å². The molecule has 1 fully saturated rings. The first-order valence-corrected chi connectivity index (χ1v) is 5.27. The van der Waals surface area contributed by atoms with Gasteiger partial charge in [0.2, 0.25) is 6.36 Å². The highest BCUT2D eigenvalue weighted by molar-refractivity contribution is 5.13. The molecule has 3 heteroatoms. The molecule has 0 amide bonds. The first kappa shape index (κ1) is 10.6. The lowest BCUT2D eigenvalue weighted by molar-refractivity contribution is -0.125. The minimum absolute atomic E-state index is 0.307. The highest BCUT2D eigenvalue weighted by Crippen LogP contribution is 2.19. The van der Waals surface area contributed by atoms with Crippen LogP contribution in [-0.2, 0) is 16.1 Å². The number of benzene rings is 1. The highest BCUT2D eigenvalue weighted by atomic mass is 19.1. The van der Waals surface area contributed by atoms with Crippen LogP contribution in [0.25, 0.3) is 0 Å². The standard InChI is InChI=1S/C12H15FO2/c13-12(11-7-4-8-14-11)15-9-10-5-2-1-3-6-10/h1-3,5-6,11-12H,4,7-9H2. The lowest BCUT2D eigenvalue weighted by atomic mass is 10.2. The Morgan fingerprint density at radius 1 is 1.40 bits per heavy atom. The quantitative estimate of drug-likeness (QED) is 0.760. The lowest BCUT2D eigenvalue weighted by Crippen LogP contribution is -2.23. The van der Waals surface area contributed by atoms with Gasteiger partial charge >= 0.3 is 0 Å². The van der Waals surface area contributed by atoms with Crippen LogP contribution in [0.4, 0.5) is 4.39 Å². The summed E-state index contributed by atoms with van der Waals surface area (Å²) in [6, 6.07) is 9.59.